The molecule has 0 aliphatic heterocycles. The second-order valence-electron chi connectivity index (χ2n) is 5.76. The van der Waals surface area contributed by atoms with Crippen molar-refractivity contribution in [2.75, 3.05) is 0 Å². The Labute approximate surface area is 120 Å². The van der Waals surface area contributed by atoms with Crippen molar-refractivity contribution in [3.05, 3.63) is 53.1 Å². The molecule has 1 heteroatoms. The molecule has 2 aliphatic carbocycles. The summed E-state index contributed by atoms with van der Waals surface area (Å²) in [6.07, 6.45) is 9.30. The lowest BCUT2D eigenvalue weighted by molar-refractivity contribution is 0.450. The predicted molar refractivity (Wildman–Crippen MR) is 84.8 cm³/mol. The van der Waals surface area contributed by atoms with E-state index in [4.69, 9.17) is 0 Å². The van der Waals surface area contributed by atoms with E-state index in [1.165, 1.54) is 48.4 Å². The topological polar surface area (TPSA) is 0 Å². The Morgan fingerprint density at radius 1 is 0.947 bits per heavy atom. The molecule has 4 rings (SSSR count). The van der Waals surface area contributed by atoms with Crippen LogP contribution in [0.2, 0.25) is 0 Å². The minimum absolute atomic E-state index is 0. The summed E-state index contributed by atoms with van der Waals surface area (Å²) in [6.45, 7) is 0. The first-order valence-corrected chi connectivity index (χ1v) is 7.12. The molecule has 2 aromatic carbocycles. The van der Waals surface area contributed by atoms with Gasteiger partial charge in [0.15, 0.2) is 0 Å². The lowest BCUT2D eigenvalue weighted by Crippen LogP contribution is -2.16. The van der Waals surface area contributed by atoms with Gasteiger partial charge in [0.1, 0.15) is 0 Å². The highest BCUT2D eigenvalue weighted by atomic mass is 35.5. The van der Waals surface area contributed by atoms with E-state index in [9.17, 15) is 0 Å². The Balaban J connectivity index is 0.00000110. The lowest BCUT2D eigenvalue weighted by atomic mass is 9.75. The summed E-state index contributed by atoms with van der Waals surface area (Å²) in [7, 11) is 0. The van der Waals surface area contributed by atoms with Gasteiger partial charge in [0.2, 0.25) is 0 Å². The minimum atomic E-state index is 0. The molecular formula is C18H19Cl. The van der Waals surface area contributed by atoms with Crippen LogP contribution in [-0.4, -0.2) is 0 Å². The van der Waals surface area contributed by atoms with Gasteiger partial charge in [0.25, 0.3) is 0 Å². The molecule has 1 unspecified atom stereocenters. The maximum absolute atomic E-state index is 2.48. The monoisotopic (exact) mass is 270 g/mol. The van der Waals surface area contributed by atoms with Crippen molar-refractivity contribution in [3.63, 3.8) is 0 Å². The van der Waals surface area contributed by atoms with Crippen LogP contribution in [-0.2, 0) is 6.42 Å². The number of allylic oxidation sites excluding steroid dienone is 1. The highest BCUT2D eigenvalue weighted by Gasteiger charge is 2.23. The number of rotatable bonds is 0. The summed E-state index contributed by atoms with van der Waals surface area (Å²) < 4.78 is 0. The smallest absolute Gasteiger partial charge is 0.0159 e. The van der Waals surface area contributed by atoms with Gasteiger partial charge in [0, 0.05) is 0 Å². The fourth-order valence-corrected chi connectivity index (χ4v) is 3.61. The molecule has 0 N–H and O–H groups in total. The third-order valence-corrected chi connectivity index (χ3v) is 4.61. The largest absolute Gasteiger partial charge is 0.147 e. The van der Waals surface area contributed by atoms with Gasteiger partial charge in [-0.2, -0.15) is 0 Å². The van der Waals surface area contributed by atoms with Crippen LogP contribution in [0.3, 0.4) is 0 Å². The molecular weight excluding hydrogens is 252 g/mol. The zero-order valence-electron chi connectivity index (χ0n) is 11.1. The molecule has 0 amide bonds. The van der Waals surface area contributed by atoms with Crippen LogP contribution in [0, 0.1) is 5.92 Å². The van der Waals surface area contributed by atoms with E-state index in [-0.39, 0.29) is 12.4 Å². The maximum atomic E-state index is 2.48. The average molecular weight is 271 g/mol. The van der Waals surface area contributed by atoms with E-state index in [0.29, 0.717) is 0 Å². The van der Waals surface area contributed by atoms with Crippen molar-refractivity contribution in [3.8, 4) is 0 Å². The van der Waals surface area contributed by atoms with Crippen LogP contribution in [0.5, 0.6) is 0 Å². The first kappa shape index (κ1) is 12.7. The molecule has 0 aromatic heterocycles. The zero-order valence-corrected chi connectivity index (χ0v) is 11.9. The first-order valence-electron chi connectivity index (χ1n) is 7.12. The molecule has 0 radical (unpaired) electrons. The van der Waals surface area contributed by atoms with E-state index in [1.54, 1.807) is 11.1 Å². The normalized spacial score (nSPS) is 21.1. The van der Waals surface area contributed by atoms with Crippen molar-refractivity contribution >= 4 is 29.3 Å². The molecule has 19 heavy (non-hydrogen) atoms. The van der Waals surface area contributed by atoms with Gasteiger partial charge in [0.05, 0.1) is 0 Å². The minimum Gasteiger partial charge on any atom is -0.147 e. The number of hydrogen-bond donors (Lipinski definition) is 0. The van der Waals surface area contributed by atoms with Crippen LogP contribution < -0.4 is 0 Å². The Kier molecular flexibility index (Phi) is 3.36. The summed E-state index contributed by atoms with van der Waals surface area (Å²) >= 11 is 0. The second kappa shape index (κ2) is 5.02. The predicted octanol–water partition coefficient (Wildman–Crippen LogP) is 5.39. The molecule has 2 aromatic rings. The summed E-state index contributed by atoms with van der Waals surface area (Å²) in [5, 5.41) is 2.77. The van der Waals surface area contributed by atoms with E-state index in [0.717, 1.165) is 5.92 Å². The van der Waals surface area contributed by atoms with Gasteiger partial charge in [-0.15, -0.1) is 12.4 Å². The molecule has 1 atom stereocenters. The molecule has 0 spiro atoms. The van der Waals surface area contributed by atoms with Gasteiger partial charge in [-0.3, -0.25) is 0 Å². The van der Waals surface area contributed by atoms with E-state index in [1.807, 2.05) is 0 Å². The molecule has 0 bridgehead atoms. The molecule has 98 valence electrons. The number of fused-ring (bicyclic) bond motifs is 3. The van der Waals surface area contributed by atoms with Crippen LogP contribution in [0.1, 0.15) is 36.8 Å². The Morgan fingerprint density at radius 3 is 2.58 bits per heavy atom. The summed E-state index contributed by atoms with van der Waals surface area (Å²) in [6, 6.07) is 13.5. The fourth-order valence-electron chi connectivity index (χ4n) is 3.61. The van der Waals surface area contributed by atoms with Crippen molar-refractivity contribution < 1.29 is 0 Å². The molecule has 0 heterocycles. The molecule has 0 saturated heterocycles. The average Bonchev–Trinajstić information content (AvgIpc) is 2.42. The molecule has 1 fully saturated rings. The standard InChI is InChI=1S/C18H18.ClH/c1-2-6-14-10-18-12-16-8-4-3-7-15(16)11-17(18)9-13(14)5-1;/h1-2,5-6,9-11,16H,3-4,7-8,12H2;1H. The Bertz CT molecular complexity index is 639. The van der Waals surface area contributed by atoms with Crippen LogP contribution in [0.4, 0.5) is 0 Å². The molecule has 0 nitrogen and oxygen atoms in total. The zero-order chi connectivity index (χ0) is 11.9. The Hall–Kier alpha value is -1.27. The molecule has 2 aliphatic rings. The van der Waals surface area contributed by atoms with E-state index in [2.05, 4.69) is 42.5 Å². The van der Waals surface area contributed by atoms with E-state index < -0.39 is 0 Å². The van der Waals surface area contributed by atoms with Gasteiger partial charge in [-0.25, -0.2) is 0 Å². The number of hydrogen-bond acceptors (Lipinski definition) is 0. The maximum Gasteiger partial charge on any atom is -0.0159 e. The van der Waals surface area contributed by atoms with Crippen LogP contribution in [0.25, 0.3) is 16.8 Å². The van der Waals surface area contributed by atoms with Crippen molar-refractivity contribution in [2.45, 2.75) is 32.1 Å². The van der Waals surface area contributed by atoms with E-state index >= 15 is 0 Å². The second-order valence-corrected chi connectivity index (χ2v) is 5.76. The van der Waals surface area contributed by atoms with Crippen LogP contribution >= 0.6 is 12.4 Å². The quantitative estimate of drug-likeness (QED) is 0.602. The Morgan fingerprint density at radius 2 is 1.74 bits per heavy atom. The highest BCUT2D eigenvalue weighted by molar-refractivity contribution is 5.86. The number of halogens is 1. The molecule has 1 saturated carbocycles. The fraction of sp³-hybridized carbons (Fsp3) is 0.333. The van der Waals surface area contributed by atoms with Crippen molar-refractivity contribution in [2.24, 2.45) is 5.92 Å². The van der Waals surface area contributed by atoms with Gasteiger partial charge >= 0.3 is 0 Å². The third-order valence-electron chi connectivity index (χ3n) is 4.61. The summed E-state index contributed by atoms with van der Waals surface area (Å²) in [5.41, 5.74) is 4.75. The van der Waals surface area contributed by atoms with Gasteiger partial charge in [-0.1, -0.05) is 48.4 Å². The SMILES string of the molecule is C1=C2CCCCC2Cc2cc3ccccc3cc21.Cl. The van der Waals surface area contributed by atoms with Crippen molar-refractivity contribution in [1.29, 1.82) is 0 Å². The summed E-state index contributed by atoms with van der Waals surface area (Å²) in [4.78, 5) is 0. The summed E-state index contributed by atoms with van der Waals surface area (Å²) in [5.74, 6) is 0.840. The number of benzene rings is 2. The first-order chi connectivity index (χ1) is 8.90. The highest BCUT2D eigenvalue weighted by Crippen LogP contribution is 2.39. The third kappa shape index (κ3) is 2.19. The lowest BCUT2D eigenvalue weighted by Gasteiger charge is -2.30. The van der Waals surface area contributed by atoms with Crippen LogP contribution in [0.15, 0.2) is 42.0 Å². The van der Waals surface area contributed by atoms with Gasteiger partial charge < -0.3 is 0 Å². The van der Waals surface area contributed by atoms with Crippen molar-refractivity contribution in [1.82, 2.24) is 0 Å². The van der Waals surface area contributed by atoms with Gasteiger partial charge in [-0.05, 0) is 59.6 Å².